The second-order valence-corrected chi connectivity index (χ2v) is 5.99. The first-order chi connectivity index (χ1) is 5.68. The third-order valence-electron chi connectivity index (χ3n) is 2.69. The van der Waals surface area contributed by atoms with Gasteiger partial charge >= 0.3 is 0 Å². The number of hydrogen-bond donors (Lipinski definition) is 0. The van der Waals surface area contributed by atoms with Crippen molar-refractivity contribution in [1.82, 2.24) is 0 Å². The van der Waals surface area contributed by atoms with Gasteiger partial charge in [-0.15, -0.1) is 6.58 Å². The summed E-state index contributed by atoms with van der Waals surface area (Å²) < 4.78 is 0. The minimum absolute atomic E-state index is 0.408. The molecule has 0 heteroatoms. The highest BCUT2D eigenvalue weighted by Crippen LogP contribution is 2.39. The van der Waals surface area contributed by atoms with E-state index in [-0.39, 0.29) is 0 Å². The Balaban J connectivity index is 4.24. The molecule has 0 aliphatic rings. The molecule has 0 spiro atoms. The average Bonchev–Trinajstić information content (AvgIpc) is 1.81. The second kappa shape index (κ2) is 4.30. The van der Waals surface area contributed by atoms with Gasteiger partial charge in [-0.3, -0.25) is 0 Å². The molecule has 0 aliphatic heterocycles. The van der Waals surface area contributed by atoms with Gasteiger partial charge in [0.2, 0.25) is 0 Å². The number of hydrogen-bond acceptors (Lipinski definition) is 0. The number of allylic oxidation sites excluding steroid dienone is 1. The van der Waals surface area contributed by atoms with Crippen molar-refractivity contribution in [3.63, 3.8) is 0 Å². The Labute approximate surface area is 84.4 Å². The second-order valence-electron chi connectivity index (χ2n) is 5.99. The fraction of sp³-hybridized carbons (Fsp3) is 0.846. The Morgan fingerprint density at radius 3 is 1.85 bits per heavy atom. The Hall–Kier alpha value is -0.260. The molecular formula is C13H26. The molecule has 0 aromatic carbocycles. The lowest BCUT2D eigenvalue weighted by Crippen LogP contribution is -2.22. The Bertz CT molecular complexity index is 172. The molecule has 0 aromatic rings. The molecule has 0 bridgehead atoms. The Kier molecular flexibility index (Phi) is 4.22. The monoisotopic (exact) mass is 182 g/mol. The van der Waals surface area contributed by atoms with Crippen molar-refractivity contribution in [3.05, 3.63) is 12.2 Å². The maximum atomic E-state index is 4.00. The first kappa shape index (κ1) is 12.7. The highest BCUT2D eigenvalue weighted by Gasteiger charge is 2.27. The van der Waals surface area contributed by atoms with Crippen LogP contribution in [0.3, 0.4) is 0 Å². The summed E-state index contributed by atoms with van der Waals surface area (Å²) in [6, 6.07) is 0. The summed E-state index contributed by atoms with van der Waals surface area (Å²) in [5.74, 6) is 0. The van der Waals surface area contributed by atoms with Crippen molar-refractivity contribution in [2.75, 3.05) is 0 Å². The Morgan fingerprint density at radius 2 is 1.54 bits per heavy atom. The largest absolute Gasteiger partial charge is 0.100 e. The van der Waals surface area contributed by atoms with Crippen LogP contribution < -0.4 is 0 Å². The molecule has 13 heavy (non-hydrogen) atoms. The molecular weight excluding hydrogens is 156 g/mol. The molecule has 0 radical (unpaired) electrons. The zero-order chi connectivity index (χ0) is 10.7. The molecule has 0 unspecified atom stereocenters. The van der Waals surface area contributed by atoms with Crippen molar-refractivity contribution in [3.8, 4) is 0 Å². The lowest BCUT2D eigenvalue weighted by Gasteiger charge is -2.34. The van der Waals surface area contributed by atoms with Crippen LogP contribution in [0.1, 0.15) is 60.8 Å². The van der Waals surface area contributed by atoms with Gasteiger partial charge < -0.3 is 0 Å². The van der Waals surface area contributed by atoms with Crippen molar-refractivity contribution in [1.29, 1.82) is 0 Å². The molecule has 0 nitrogen and oxygen atoms in total. The highest BCUT2D eigenvalue weighted by atomic mass is 14.3. The van der Waals surface area contributed by atoms with Crippen LogP contribution in [0.4, 0.5) is 0 Å². The maximum absolute atomic E-state index is 4.00. The zero-order valence-corrected chi connectivity index (χ0v) is 10.3. The summed E-state index contributed by atoms with van der Waals surface area (Å²) >= 11 is 0. The maximum Gasteiger partial charge on any atom is -0.0274 e. The average molecular weight is 182 g/mol. The van der Waals surface area contributed by atoms with Crippen LogP contribution in [0, 0.1) is 10.8 Å². The van der Waals surface area contributed by atoms with Crippen molar-refractivity contribution < 1.29 is 0 Å². The van der Waals surface area contributed by atoms with E-state index in [0.717, 1.165) is 6.42 Å². The summed E-state index contributed by atoms with van der Waals surface area (Å²) in [5.41, 5.74) is 2.18. The summed E-state index contributed by atoms with van der Waals surface area (Å²) in [6.07, 6.45) is 3.69. The minimum Gasteiger partial charge on any atom is -0.100 e. The predicted molar refractivity (Wildman–Crippen MR) is 61.9 cm³/mol. The molecule has 0 heterocycles. The topological polar surface area (TPSA) is 0 Å². The van der Waals surface area contributed by atoms with Crippen LogP contribution in [-0.2, 0) is 0 Å². The van der Waals surface area contributed by atoms with Crippen LogP contribution in [0.5, 0.6) is 0 Å². The van der Waals surface area contributed by atoms with E-state index >= 15 is 0 Å². The fourth-order valence-electron chi connectivity index (χ4n) is 2.30. The van der Waals surface area contributed by atoms with Gasteiger partial charge in [-0.05, 0) is 30.6 Å². The lowest BCUT2D eigenvalue weighted by atomic mass is 9.71. The van der Waals surface area contributed by atoms with Crippen LogP contribution in [0.25, 0.3) is 0 Å². The van der Waals surface area contributed by atoms with Gasteiger partial charge in [-0.2, -0.15) is 0 Å². The van der Waals surface area contributed by atoms with Crippen molar-refractivity contribution in [2.45, 2.75) is 60.8 Å². The summed E-state index contributed by atoms with van der Waals surface area (Å²) in [5, 5.41) is 0. The fourth-order valence-corrected chi connectivity index (χ4v) is 2.30. The minimum atomic E-state index is 0.408. The highest BCUT2D eigenvalue weighted by molar-refractivity contribution is 4.95. The third-order valence-corrected chi connectivity index (χ3v) is 2.69. The van der Waals surface area contributed by atoms with Crippen LogP contribution in [0.15, 0.2) is 12.2 Å². The SMILES string of the molecule is C=C(C)CC(C)(C)CC(C)(C)CC. The van der Waals surface area contributed by atoms with Crippen LogP contribution in [-0.4, -0.2) is 0 Å². The van der Waals surface area contributed by atoms with Crippen molar-refractivity contribution in [2.24, 2.45) is 10.8 Å². The van der Waals surface area contributed by atoms with Crippen LogP contribution in [0.2, 0.25) is 0 Å². The molecule has 0 rings (SSSR count). The molecule has 0 amide bonds. The molecule has 0 N–H and O–H groups in total. The van der Waals surface area contributed by atoms with E-state index in [4.69, 9.17) is 0 Å². The van der Waals surface area contributed by atoms with Gasteiger partial charge in [0, 0.05) is 0 Å². The third kappa shape index (κ3) is 5.90. The van der Waals surface area contributed by atoms with Crippen LogP contribution >= 0.6 is 0 Å². The summed E-state index contributed by atoms with van der Waals surface area (Å²) in [6.45, 7) is 17.8. The van der Waals surface area contributed by atoms with E-state index in [1.165, 1.54) is 18.4 Å². The van der Waals surface area contributed by atoms with E-state index in [1.54, 1.807) is 0 Å². The van der Waals surface area contributed by atoms with Crippen molar-refractivity contribution >= 4 is 0 Å². The van der Waals surface area contributed by atoms with E-state index < -0.39 is 0 Å². The predicted octanol–water partition coefficient (Wildman–Crippen LogP) is 4.81. The molecule has 0 aliphatic carbocycles. The normalized spacial score (nSPS) is 13.1. The Morgan fingerprint density at radius 1 is 1.08 bits per heavy atom. The van der Waals surface area contributed by atoms with E-state index in [2.05, 4.69) is 48.1 Å². The zero-order valence-electron chi connectivity index (χ0n) is 10.3. The van der Waals surface area contributed by atoms with E-state index in [1.807, 2.05) is 0 Å². The van der Waals surface area contributed by atoms with E-state index in [0.29, 0.717) is 10.8 Å². The summed E-state index contributed by atoms with van der Waals surface area (Å²) in [4.78, 5) is 0. The van der Waals surface area contributed by atoms with Gasteiger partial charge in [-0.25, -0.2) is 0 Å². The van der Waals surface area contributed by atoms with Gasteiger partial charge in [0.1, 0.15) is 0 Å². The number of rotatable bonds is 5. The van der Waals surface area contributed by atoms with E-state index in [9.17, 15) is 0 Å². The molecule has 0 fully saturated rings. The molecule has 0 aromatic heterocycles. The molecule has 78 valence electrons. The molecule has 0 saturated carbocycles. The smallest absolute Gasteiger partial charge is 0.0274 e. The van der Waals surface area contributed by atoms with Gasteiger partial charge in [-0.1, -0.05) is 46.6 Å². The quantitative estimate of drug-likeness (QED) is 0.535. The first-order valence-corrected chi connectivity index (χ1v) is 5.33. The molecule has 0 atom stereocenters. The van der Waals surface area contributed by atoms with Gasteiger partial charge in [0.15, 0.2) is 0 Å². The first-order valence-electron chi connectivity index (χ1n) is 5.33. The lowest BCUT2D eigenvalue weighted by molar-refractivity contribution is 0.187. The summed E-state index contributed by atoms with van der Waals surface area (Å²) in [7, 11) is 0. The van der Waals surface area contributed by atoms with Gasteiger partial charge in [0.25, 0.3) is 0 Å². The molecule has 0 saturated heterocycles. The standard InChI is InChI=1S/C13H26/c1-8-12(4,5)10-13(6,7)9-11(2)3/h2,8-10H2,1,3-7H3. The van der Waals surface area contributed by atoms with Gasteiger partial charge in [0.05, 0.1) is 0 Å².